The van der Waals surface area contributed by atoms with Crippen molar-refractivity contribution in [2.45, 2.75) is 70.9 Å². The van der Waals surface area contributed by atoms with E-state index in [0.29, 0.717) is 0 Å². The zero-order chi connectivity index (χ0) is 29.6. The molecule has 14 heteroatoms. The van der Waals surface area contributed by atoms with E-state index < -0.39 is 53.2 Å². The van der Waals surface area contributed by atoms with E-state index in [2.05, 4.69) is 5.10 Å². The fourth-order valence-corrected chi connectivity index (χ4v) is 5.23. The number of hydrogen-bond donors (Lipinski definition) is 1. The van der Waals surface area contributed by atoms with Gasteiger partial charge in [0.25, 0.3) is 0 Å². The van der Waals surface area contributed by atoms with Crippen molar-refractivity contribution >= 4 is 29.6 Å². The van der Waals surface area contributed by atoms with Crippen LogP contribution < -0.4 is 0 Å². The highest BCUT2D eigenvalue weighted by molar-refractivity contribution is 6.30. The monoisotopic (exact) mass is 588 g/mol. The summed E-state index contributed by atoms with van der Waals surface area (Å²) >= 11 is 5.79. The number of fused-ring (bicyclic) bond motifs is 1. The number of rotatable bonds is 5. The first-order valence-corrected chi connectivity index (χ1v) is 13.0. The maximum absolute atomic E-state index is 14.4. The Labute approximate surface area is 232 Å². The van der Waals surface area contributed by atoms with Crippen molar-refractivity contribution in [2.75, 3.05) is 13.1 Å². The quantitative estimate of drug-likeness (QED) is 0.507. The van der Waals surface area contributed by atoms with Gasteiger partial charge in [0.05, 0.1) is 18.8 Å². The Morgan fingerprint density at radius 2 is 1.90 bits per heavy atom. The Kier molecular flexibility index (Phi) is 8.08. The average Bonchev–Trinajstić information content (AvgIpc) is 3.41. The van der Waals surface area contributed by atoms with Crippen LogP contribution in [0.25, 0.3) is 0 Å². The Bertz CT molecular complexity index is 1320. The van der Waals surface area contributed by atoms with E-state index in [-0.39, 0.29) is 67.3 Å². The number of aliphatic carboxylic acids is 1. The van der Waals surface area contributed by atoms with Crippen LogP contribution in [-0.4, -0.2) is 67.4 Å². The highest BCUT2D eigenvalue weighted by Gasteiger charge is 2.44. The predicted molar refractivity (Wildman–Crippen MR) is 134 cm³/mol. The number of amides is 2. The lowest BCUT2D eigenvalue weighted by Gasteiger charge is -2.29. The summed E-state index contributed by atoms with van der Waals surface area (Å²) in [6, 6.07) is 2.67. The summed E-state index contributed by atoms with van der Waals surface area (Å²) in [6.07, 6.45) is -5.71. The summed E-state index contributed by atoms with van der Waals surface area (Å²) in [5, 5.41) is 13.5. The Morgan fingerprint density at radius 1 is 1.20 bits per heavy atom. The molecule has 1 N–H and O–H groups in total. The number of likely N-dealkylation sites (tertiary alicyclic amines) is 1. The molecule has 0 aliphatic carbocycles. The molecule has 9 nitrogen and oxygen atoms in total. The minimum atomic E-state index is -4.74. The summed E-state index contributed by atoms with van der Waals surface area (Å²) in [4.78, 5) is 40.1. The minimum absolute atomic E-state index is 0.000766. The molecule has 2 aromatic rings. The molecular formula is C26H29ClF4N4O5. The second-order valence-electron chi connectivity index (χ2n) is 11.0. The van der Waals surface area contributed by atoms with Crippen molar-refractivity contribution in [3.05, 3.63) is 51.6 Å². The van der Waals surface area contributed by atoms with Crippen LogP contribution in [0.4, 0.5) is 22.4 Å². The molecule has 2 aliphatic rings. The lowest BCUT2D eigenvalue weighted by Crippen LogP contribution is -2.43. The second-order valence-corrected chi connectivity index (χ2v) is 11.5. The molecule has 2 aliphatic heterocycles. The van der Waals surface area contributed by atoms with Crippen LogP contribution in [0.3, 0.4) is 0 Å². The molecule has 1 saturated heterocycles. The van der Waals surface area contributed by atoms with Crippen LogP contribution in [0.2, 0.25) is 5.02 Å². The molecule has 4 rings (SSSR count). The van der Waals surface area contributed by atoms with Gasteiger partial charge in [-0.2, -0.15) is 18.3 Å². The number of carbonyl (C=O) groups excluding carboxylic acids is 2. The van der Waals surface area contributed by atoms with Crippen LogP contribution >= 0.6 is 11.6 Å². The average molecular weight is 589 g/mol. The van der Waals surface area contributed by atoms with Crippen molar-refractivity contribution < 1.29 is 41.8 Å². The molecule has 3 heterocycles. The Balaban J connectivity index is 1.52. The van der Waals surface area contributed by atoms with Crippen LogP contribution in [0.1, 0.15) is 56.1 Å². The van der Waals surface area contributed by atoms with Gasteiger partial charge in [-0.3, -0.25) is 14.4 Å². The summed E-state index contributed by atoms with van der Waals surface area (Å²) in [7, 11) is 0. The number of alkyl halides is 3. The van der Waals surface area contributed by atoms with Crippen molar-refractivity contribution in [1.82, 2.24) is 19.6 Å². The molecule has 218 valence electrons. The number of nitrogens with zero attached hydrogens (tertiary/aromatic N) is 4. The number of carboxylic acid groups (broad SMARTS) is 1. The number of aromatic nitrogens is 2. The first kappa shape index (κ1) is 29.6. The molecule has 0 saturated carbocycles. The Hall–Kier alpha value is -3.35. The molecule has 0 radical (unpaired) electrons. The van der Waals surface area contributed by atoms with E-state index in [1.807, 2.05) is 0 Å². The van der Waals surface area contributed by atoms with Gasteiger partial charge < -0.3 is 14.7 Å². The largest absolute Gasteiger partial charge is 0.480 e. The third-order valence-corrected chi connectivity index (χ3v) is 7.09. The van der Waals surface area contributed by atoms with Gasteiger partial charge in [-0.05, 0) is 51.7 Å². The predicted octanol–water partition coefficient (Wildman–Crippen LogP) is 4.73. The van der Waals surface area contributed by atoms with Crippen LogP contribution in [0, 0.1) is 11.7 Å². The van der Waals surface area contributed by atoms with Gasteiger partial charge in [-0.25, -0.2) is 14.0 Å². The van der Waals surface area contributed by atoms with E-state index in [4.69, 9.17) is 16.3 Å². The topological polar surface area (TPSA) is 105 Å². The number of halogens is 5. The SMILES string of the molecule is CC(C)(C)OC(=O)N1CC(CC(=O)N2CCc3c(C(F)(F)F)nn(Cc4ccc(Cl)cc4F)c3C2)C[C@@H]1C(=O)O. The zero-order valence-corrected chi connectivity index (χ0v) is 22.9. The lowest BCUT2D eigenvalue weighted by molar-refractivity contribution is -0.143. The smallest absolute Gasteiger partial charge is 0.435 e. The third kappa shape index (κ3) is 6.51. The van der Waals surface area contributed by atoms with E-state index in [1.54, 1.807) is 20.8 Å². The summed E-state index contributed by atoms with van der Waals surface area (Å²) in [5.41, 5.74) is -1.73. The van der Waals surface area contributed by atoms with E-state index >= 15 is 0 Å². The third-order valence-electron chi connectivity index (χ3n) is 6.86. The zero-order valence-electron chi connectivity index (χ0n) is 22.1. The normalized spacial score (nSPS) is 19.5. The van der Waals surface area contributed by atoms with Gasteiger partial charge >= 0.3 is 18.2 Å². The van der Waals surface area contributed by atoms with E-state index in [9.17, 15) is 37.1 Å². The summed E-state index contributed by atoms with van der Waals surface area (Å²) in [6.45, 7) is 4.47. The van der Waals surface area contributed by atoms with Crippen molar-refractivity contribution in [3.8, 4) is 0 Å². The first-order valence-electron chi connectivity index (χ1n) is 12.6. The van der Waals surface area contributed by atoms with E-state index in [1.165, 1.54) is 17.0 Å². The van der Waals surface area contributed by atoms with Gasteiger partial charge in [0.1, 0.15) is 17.5 Å². The fraction of sp³-hybridized carbons (Fsp3) is 0.538. The molecule has 40 heavy (non-hydrogen) atoms. The molecule has 1 aromatic heterocycles. The van der Waals surface area contributed by atoms with Crippen LogP contribution in [0.5, 0.6) is 0 Å². The molecule has 1 fully saturated rings. The highest BCUT2D eigenvalue weighted by atomic mass is 35.5. The number of benzene rings is 1. The number of hydrogen-bond acceptors (Lipinski definition) is 5. The molecule has 0 spiro atoms. The maximum atomic E-state index is 14.4. The van der Waals surface area contributed by atoms with Crippen molar-refractivity contribution in [1.29, 1.82) is 0 Å². The molecule has 2 amide bonds. The van der Waals surface area contributed by atoms with Crippen LogP contribution in [-0.2, 0) is 40.0 Å². The van der Waals surface area contributed by atoms with Gasteiger partial charge in [0.15, 0.2) is 5.69 Å². The number of carboxylic acids is 1. The molecule has 1 unspecified atom stereocenters. The highest BCUT2D eigenvalue weighted by Crippen LogP contribution is 2.36. The van der Waals surface area contributed by atoms with E-state index in [0.717, 1.165) is 15.6 Å². The van der Waals surface area contributed by atoms with Gasteiger partial charge in [0, 0.05) is 35.7 Å². The first-order chi connectivity index (χ1) is 18.5. The summed E-state index contributed by atoms with van der Waals surface area (Å²) in [5.74, 6) is -2.80. The number of carbonyl (C=O) groups is 3. The molecular weight excluding hydrogens is 560 g/mol. The standard InChI is InChI=1S/C26H29ClF4N4O5/c1-25(2,3)40-24(39)34-11-14(8-19(34)23(37)38)9-21(36)33-7-6-17-20(13-33)35(32-22(17)26(29,30)31)12-15-4-5-16(27)10-18(15)28/h4-5,10,14,19H,6-9,11-13H2,1-3H3,(H,37,38)/t14?,19-/m1/s1. The van der Waals surface area contributed by atoms with Crippen LogP contribution in [0.15, 0.2) is 18.2 Å². The minimum Gasteiger partial charge on any atom is -0.480 e. The number of ether oxygens (including phenoxy) is 1. The molecule has 2 atom stereocenters. The Morgan fingerprint density at radius 3 is 2.50 bits per heavy atom. The second kappa shape index (κ2) is 10.9. The van der Waals surface area contributed by atoms with Crippen molar-refractivity contribution in [3.63, 3.8) is 0 Å². The van der Waals surface area contributed by atoms with Crippen molar-refractivity contribution in [2.24, 2.45) is 5.92 Å². The fourth-order valence-electron chi connectivity index (χ4n) is 5.07. The van der Waals surface area contributed by atoms with Gasteiger partial charge in [-0.1, -0.05) is 17.7 Å². The lowest BCUT2D eigenvalue weighted by atomic mass is 9.99. The van der Waals surface area contributed by atoms with Gasteiger partial charge in [0.2, 0.25) is 5.91 Å². The maximum Gasteiger partial charge on any atom is 0.435 e. The molecule has 1 aromatic carbocycles. The van der Waals surface area contributed by atoms with Gasteiger partial charge in [-0.15, -0.1) is 0 Å². The summed E-state index contributed by atoms with van der Waals surface area (Å²) < 4.78 is 62.1. The molecule has 0 bridgehead atoms.